The van der Waals surface area contributed by atoms with Gasteiger partial charge in [-0.25, -0.2) is 13.4 Å². The second-order valence-electron chi connectivity index (χ2n) is 5.39. The summed E-state index contributed by atoms with van der Waals surface area (Å²) in [5, 5.41) is 1.93. The Bertz CT molecular complexity index is 778. The van der Waals surface area contributed by atoms with Gasteiger partial charge in [0, 0.05) is 30.4 Å². The minimum absolute atomic E-state index is 0.0465. The van der Waals surface area contributed by atoms with E-state index < -0.39 is 9.84 Å². The molecule has 1 amide bonds. The van der Waals surface area contributed by atoms with Crippen LogP contribution in [0.3, 0.4) is 0 Å². The summed E-state index contributed by atoms with van der Waals surface area (Å²) >= 11 is 1.51. The summed E-state index contributed by atoms with van der Waals surface area (Å²) in [7, 11) is -3.02. The second kappa shape index (κ2) is 5.85. The van der Waals surface area contributed by atoms with Crippen molar-refractivity contribution in [3.63, 3.8) is 0 Å². The van der Waals surface area contributed by atoms with Gasteiger partial charge in [0.1, 0.15) is 0 Å². The SMILES string of the molecule is C=CCN(C(=O)Cc1cn2ccsc2n1)C1CCS(=O)(=O)C1. The van der Waals surface area contributed by atoms with Crippen molar-refractivity contribution >= 4 is 32.0 Å². The molecular weight excluding hydrogens is 322 g/mol. The Morgan fingerprint density at radius 1 is 1.59 bits per heavy atom. The molecule has 6 nitrogen and oxygen atoms in total. The number of rotatable bonds is 5. The molecule has 0 aliphatic carbocycles. The van der Waals surface area contributed by atoms with Crippen molar-refractivity contribution in [2.24, 2.45) is 0 Å². The zero-order valence-electron chi connectivity index (χ0n) is 12.0. The van der Waals surface area contributed by atoms with Gasteiger partial charge in [-0.05, 0) is 6.42 Å². The van der Waals surface area contributed by atoms with Crippen molar-refractivity contribution < 1.29 is 13.2 Å². The van der Waals surface area contributed by atoms with Crippen LogP contribution in [0.2, 0.25) is 0 Å². The summed E-state index contributed by atoms with van der Waals surface area (Å²) in [4.78, 5) is 19.4. The highest BCUT2D eigenvalue weighted by molar-refractivity contribution is 7.91. The number of carbonyl (C=O) groups is 1. The predicted octanol–water partition coefficient (Wildman–Crippen LogP) is 1.14. The third-order valence-electron chi connectivity index (χ3n) is 3.77. The van der Waals surface area contributed by atoms with Crippen LogP contribution in [-0.4, -0.2) is 52.7 Å². The third kappa shape index (κ3) is 3.07. The average molecular weight is 339 g/mol. The Labute approximate surface area is 133 Å². The second-order valence-corrected chi connectivity index (χ2v) is 8.50. The molecule has 0 N–H and O–H groups in total. The average Bonchev–Trinajstić information content (AvgIpc) is 3.10. The first-order valence-corrected chi connectivity index (χ1v) is 9.70. The summed E-state index contributed by atoms with van der Waals surface area (Å²) < 4.78 is 25.2. The molecule has 1 aliphatic heterocycles. The molecule has 1 aliphatic rings. The lowest BCUT2D eigenvalue weighted by atomic mass is 10.2. The van der Waals surface area contributed by atoms with Gasteiger partial charge >= 0.3 is 0 Å². The van der Waals surface area contributed by atoms with Crippen molar-refractivity contribution in [3.05, 3.63) is 36.1 Å². The van der Waals surface area contributed by atoms with Crippen molar-refractivity contribution in [3.8, 4) is 0 Å². The Morgan fingerprint density at radius 2 is 2.41 bits per heavy atom. The number of carbonyl (C=O) groups excluding carboxylic acids is 1. The Hall–Kier alpha value is -1.67. The Morgan fingerprint density at radius 3 is 3.05 bits per heavy atom. The number of nitrogens with zero attached hydrogens (tertiary/aromatic N) is 3. The Kier molecular flexibility index (Phi) is 4.05. The molecule has 3 rings (SSSR count). The summed E-state index contributed by atoms with van der Waals surface area (Å²) in [6, 6.07) is -0.251. The van der Waals surface area contributed by atoms with E-state index in [2.05, 4.69) is 11.6 Å². The van der Waals surface area contributed by atoms with Gasteiger partial charge in [-0.2, -0.15) is 0 Å². The van der Waals surface area contributed by atoms with Crippen LogP contribution in [0.15, 0.2) is 30.4 Å². The van der Waals surface area contributed by atoms with Gasteiger partial charge in [-0.1, -0.05) is 6.08 Å². The van der Waals surface area contributed by atoms with E-state index in [1.165, 1.54) is 11.3 Å². The number of hydrogen-bond donors (Lipinski definition) is 0. The molecule has 1 atom stereocenters. The summed E-state index contributed by atoms with van der Waals surface area (Å²) in [5.41, 5.74) is 0.701. The van der Waals surface area contributed by atoms with Crippen molar-refractivity contribution in [2.45, 2.75) is 18.9 Å². The number of amides is 1. The van der Waals surface area contributed by atoms with E-state index in [4.69, 9.17) is 0 Å². The van der Waals surface area contributed by atoms with Gasteiger partial charge in [-0.3, -0.25) is 9.20 Å². The van der Waals surface area contributed by atoms with Crippen LogP contribution in [0.1, 0.15) is 12.1 Å². The maximum Gasteiger partial charge on any atom is 0.229 e. The highest BCUT2D eigenvalue weighted by atomic mass is 32.2. The van der Waals surface area contributed by atoms with Crippen LogP contribution in [0, 0.1) is 0 Å². The fourth-order valence-corrected chi connectivity index (χ4v) is 5.18. The summed E-state index contributed by atoms with van der Waals surface area (Å²) in [6.07, 6.45) is 6.04. The number of fused-ring (bicyclic) bond motifs is 1. The van der Waals surface area contributed by atoms with Crippen LogP contribution >= 0.6 is 11.3 Å². The molecule has 0 aromatic carbocycles. The minimum Gasteiger partial charge on any atom is -0.335 e. The molecule has 0 spiro atoms. The maximum absolute atomic E-state index is 12.5. The standard InChI is InChI=1S/C14H17N3O3S2/c1-2-4-17(12-3-7-22(19,20)10-12)13(18)8-11-9-16-5-6-21-14(16)15-11/h2,5-6,9,12H,1,3-4,7-8,10H2. The van der Waals surface area contributed by atoms with Crippen LogP contribution in [0.25, 0.3) is 4.96 Å². The van der Waals surface area contributed by atoms with Crippen LogP contribution in [-0.2, 0) is 21.1 Å². The molecule has 0 saturated carbocycles. The molecule has 2 aromatic heterocycles. The molecule has 118 valence electrons. The first-order chi connectivity index (χ1) is 10.5. The number of imidazole rings is 1. The fourth-order valence-electron chi connectivity index (χ4n) is 2.73. The van der Waals surface area contributed by atoms with Gasteiger partial charge in [0.15, 0.2) is 14.8 Å². The van der Waals surface area contributed by atoms with Crippen LogP contribution in [0.5, 0.6) is 0 Å². The smallest absolute Gasteiger partial charge is 0.229 e. The molecular formula is C14H17N3O3S2. The highest BCUT2D eigenvalue weighted by Crippen LogP contribution is 2.19. The number of sulfone groups is 1. The zero-order chi connectivity index (χ0) is 15.7. The van der Waals surface area contributed by atoms with E-state index in [1.54, 1.807) is 11.0 Å². The lowest BCUT2D eigenvalue weighted by Gasteiger charge is -2.26. The number of aromatic nitrogens is 2. The van der Waals surface area contributed by atoms with Gasteiger partial charge in [-0.15, -0.1) is 17.9 Å². The minimum atomic E-state index is -3.02. The number of thiazole rings is 1. The van der Waals surface area contributed by atoms with E-state index in [-0.39, 0.29) is 29.9 Å². The van der Waals surface area contributed by atoms with Gasteiger partial charge in [0.05, 0.1) is 23.6 Å². The van der Waals surface area contributed by atoms with E-state index in [0.29, 0.717) is 18.7 Å². The molecule has 1 saturated heterocycles. The first kappa shape index (κ1) is 15.2. The van der Waals surface area contributed by atoms with E-state index in [0.717, 1.165) is 4.96 Å². The van der Waals surface area contributed by atoms with Crippen molar-refractivity contribution in [2.75, 3.05) is 18.1 Å². The fraction of sp³-hybridized carbons (Fsp3) is 0.429. The lowest BCUT2D eigenvalue weighted by molar-refractivity contribution is -0.131. The normalized spacial score (nSPS) is 20.3. The zero-order valence-corrected chi connectivity index (χ0v) is 13.6. The molecule has 8 heteroatoms. The predicted molar refractivity (Wildman–Crippen MR) is 85.7 cm³/mol. The van der Waals surface area contributed by atoms with Crippen molar-refractivity contribution in [1.82, 2.24) is 14.3 Å². The third-order valence-corrected chi connectivity index (χ3v) is 6.29. The highest BCUT2D eigenvalue weighted by Gasteiger charge is 2.34. The molecule has 3 heterocycles. The van der Waals surface area contributed by atoms with Crippen LogP contribution in [0.4, 0.5) is 0 Å². The van der Waals surface area contributed by atoms with E-state index in [9.17, 15) is 13.2 Å². The quantitative estimate of drug-likeness (QED) is 0.766. The van der Waals surface area contributed by atoms with Crippen molar-refractivity contribution in [1.29, 1.82) is 0 Å². The number of hydrogen-bond acceptors (Lipinski definition) is 5. The maximum atomic E-state index is 12.5. The summed E-state index contributed by atoms with van der Waals surface area (Å²) in [6.45, 7) is 4.03. The van der Waals surface area contributed by atoms with Crippen LogP contribution < -0.4 is 0 Å². The van der Waals surface area contributed by atoms with Gasteiger partial charge < -0.3 is 4.90 Å². The van der Waals surface area contributed by atoms with Gasteiger partial charge in [0.2, 0.25) is 5.91 Å². The largest absolute Gasteiger partial charge is 0.335 e. The van der Waals surface area contributed by atoms with E-state index >= 15 is 0 Å². The first-order valence-electron chi connectivity index (χ1n) is 7.00. The topological polar surface area (TPSA) is 71.8 Å². The monoisotopic (exact) mass is 339 g/mol. The molecule has 2 aromatic rings. The Balaban J connectivity index is 1.74. The van der Waals surface area contributed by atoms with Gasteiger partial charge in [0.25, 0.3) is 0 Å². The molecule has 0 bridgehead atoms. The molecule has 22 heavy (non-hydrogen) atoms. The van der Waals surface area contributed by atoms with E-state index in [1.807, 2.05) is 22.2 Å². The summed E-state index contributed by atoms with van der Waals surface area (Å²) in [5.74, 6) is 0.0941. The molecule has 1 fully saturated rings. The molecule has 0 radical (unpaired) electrons. The lowest BCUT2D eigenvalue weighted by Crippen LogP contribution is -2.42. The molecule has 1 unspecified atom stereocenters.